The highest BCUT2D eigenvalue weighted by molar-refractivity contribution is 9.09. The van der Waals surface area contributed by atoms with Crippen LogP contribution in [0.15, 0.2) is 65.5 Å². The minimum absolute atomic E-state index is 0.254. The second-order valence-corrected chi connectivity index (χ2v) is 8.74. The normalized spacial score (nSPS) is 14.8. The van der Waals surface area contributed by atoms with Gasteiger partial charge in [-0.05, 0) is 48.9 Å². The van der Waals surface area contributed by atoms with Crippen molar-refractivity contribution in [1.82, 2.24) is 20.0 Å². The molecule has 180 valence electrons. The van der Waals surface area contributed by atoms with Crippen molar-refractivity contribution in [3.05, 3.63) is 82.4 Å². The first-order valence-corrected chi connectivity index (χ1v) is 12.2. The molecule has 3 heterocycles. The van der Waals surface area contributed by atoms with Crippen molar-refractivity contribution in [2.45, 2.75) is 12.7 Å². The fourth-order valence-corrected chi connectivity index (χ4v) is 4.52. The number of nitrogens with zero attached hydrogens (tertiary/aromatic N) is 3. The molecular weight excluding hydrogens is 517 g/mol. The molecule has 0 atom stereocenters. The first kappa shape index (κ1) is 23.4. The number of hydrogen-bond donors (Lipinski definition) is 2. The zero-order valence-corrected chi connectivity index (χ0v) is 20.5. The van der Waals surface area contributed by atoms with E-state index >= 15 is 0 Å². The van der Waals surface area contributed by atoms with Crippen molar-refractivity contribution >= 4 is 21.7 Å². The number of hydrogen-bond acceptors (Lipinski definition) is 6. The lowest BCUT2D eigenvalue weighted by Crippen LogP contribution is -2.40. The van der Waals surface area contributed by atoms with Crippen molar-refractivity contribution in [2.24, 2.45) is 0 Å². The summed E-state index contributed by atoms with van der Waals surface area (Å²) in [4.78, 5) is 12.7. The lowest BCUT2D eigenvalue weighted by molar-refractivity contribution is -0.124. The number of H-pyrrole nitrogens is 1. The Balaban J connectivity index is 1.61. The molecule has 8 nitrogen and oxygen atoms in total. The van der Waals surface area contributed by atoms with E-state index in [0.717, 1.165) is 5.56 Å². The molecule has 2 aromatic carbocycles. The quantitative estimate of drug-likeness (QED) is 0.340. The average molecular weight is 540 g/mol. The van der Waals surface area contributed by atoms with Crippen LogP contribution in [-0.4, -0.2) is 50.9 Å². The number of aryl methyl sites for hydroxylation is 1. The summed E-state index contributed by atoms with van der Waals surface area (Å²) in [5, 5.41) is 16.0. The molecule has 0 amide bonds. The van der Waals surface area contributed by atoms with E-state index in [-0.39, 0.29) is 11.4 Å². The third-order valence-corrected chi connectivity index (χ3v) is 6.69. The number of rotatable bonds is 7. The zero-order valence-electron chi connectivity index (χ0n) is 18.9. The standard InChI is InChI=1S/C25H23BrFN5O3/c1-16-4-2-3-5-20(16)32-21(33)11-10-19(31-32)22-23(17-6-8-18(27)9-7-17)29-30-24(22)28-15-25(14-26)34-12-13-35-25/h2-11H,12-15H2,1H3,(H2,28,29,30). The molecule has 5 rings (SSSR count). The van der Waals surface area contributed by atoms with Crippen LogP contribution in [0.3, 0.4) is 0 Å². The van der Waals surface area contributed by atoms with Gasteiger partial charge in [0.15, 0.2) is 5.79 Å². The summed E-state index contributed by atoms with van der Waals surface area (Å²) in [5.41, 5.74) is 3.77. The van der Waals surface area contributed by atoms with E-state index in [1.54, 1.807) is 18.2 Å². The summed E-state index contributed by atoms with van der Waals surface area (Å²) in [6.07, 6.45) is 0. The monoisotopic (exact) mass is 539 g/mol. The molecule has 4 aromatic rings. The molecule has 10 heteroatoms. The maximum atomic E-state index is 13.6. The minimum atomic E-state index is -0.814. The molecule has 1 fully saturated rings. The molecule has 0 saturated carbocycles. The predicted molar refractivity (Wildman–Crippen MR) is 134 cm³/mol. The summed E-state index contributed by atoms with van der Waals surface area (Å²) in [5.74, 6) is -0.581. The van der Waals surface area contributed by atoms with Crippen molar-refractivity contribution in [3.63, 3.8) is 0 Å². The van der Waals surface area contributed by atoms with Gasteiger partial charge in [0, 0.05) is 11.6 Å². The minimum Gasteiger partial charge on any atom is -0.364 e. The van der Waals surface area contributed by atoms with Gasteiger partial charge < -0.3 is 14.8 Å². The molecule has 1 saturated heterocycles. The smallest absolute Gasteiger partial charge is 0.271 e. The SMILES string of the molecule is Cc1ccccc1-n1nc(-c2c(-c3ccc(F)cc3)n[nH]c2NCC2(CBr)OCCO2)ccc1=O. The van der Waals surface area contributed by atoms with Gasteiger partial charge >= 0.3 is 0 Å². The maximum absolute atomic E-state index is 13.6. The molecule has 0 spiro atoms. The summed E-state index contributed by atoms with van der Waals surface area (Å²) in [7, 11) is 0. The average Bonchev–Trinajstić information content (AvgIpc) is 3.52. The lowest BCUT2D eigenvalue weighted by atomic mass is 10.0. The molecule has 0 aliphatic carbocycles. The fourth-order valence-electron chi connectivity index (χ4n) is 4.00. The Hall–Kier alpha value is -3.34. The van der Waals surface area contributed by atoms with Crippen LogP contribution in [0.5, 0.6) is 0 Å². The second-order valence-electron chi connectivity index (χ2n) is 8.18. The van der Waals surface area contributed by atoms with Gasteiger partial charge in [0.25, 0.3) is 5.56 Å². The lowest BCUT2D eigenvalue weighted by Gasteiger charge is -2.25. The van der Waals surface area contributed by atoms with Gasteiger partial charge in [-0.25, -0.2) is 4.39 Å². The third-order valence-electron chi connectivity index (χ3n) is 5.84. The number of halogens is 2. The first-order chi connectivity index (χ1) is 17.0. The summed E-state index contributed by atoms with van der Waals surface area (Å²) < 4.78 is 26.6. The van der Waals surface area contributed by atoms with E-state index in [4.69, 9.17) is 9.47 Å². The van der Waals surface area contributed by atoms with Crippen LogP contribution in [0.25, 0.3) is 28.2 Å². The van der Waals surface area contributed by atoms with Gasteiger partial charge in [0.05, 0.1) is 42.0 Å². The second kappa shape index (κ2) is 9.73. The van der Waals surface area contributed by atoms with E-state index in [2.05, 4.69) is 36.5 Å². The number of anilines is 1. The third kappa shape index (κ3) is 4.64. The highest BCUT2D eigenvalue weighted by Gasteiger charge is 2.36. The van der Waals surface area contributed by atoms with E-state index in [0.29, 0.717) is 59.1 Å². The number of nitrogens with one attached hydrogen (secondary N) is 2. The van der Waals surface area contributed by atoms with Gasteiger partial charge in [-0.2, -0.15) is 14.9 Å². The Bertz CT molecular complexity index is 1400. The Kier molecular flexibility index (Phi) is 6.50. The van der Waals surface area contributed by atoms with Crippen LogP contribution >= 0.6 is 15.9 Å². The summed E-state index contributed by atoms with van der Waals surface area (Å²) in [6, 6.07) is 16.7. The first-order valence-electron chi connectivity index (χ1n) is 11.1. The van der Waals surface area contributed by atoms with E-state index in [1.165, 1.54) is 22.9 Å². The largest absolute Gasteiger partial charge is 0.364 e. The molecule has 35 heavy (non-hydrogen) atoms. The molecule has 0 unspecified atom stereocenters. The molecule has 1 aliphatic rings. The summed E-state index contributed by atoms with van der Waals surface area (Å²) >= 11 is 3.47. The maximum Gasteiger partial charge on any atom is 0.271 e. The Morgan fingerprint density at radius 2 is 1.86 bits per heavy atom. The molecular formula is C25H23BrFN5O3. The fraction of sp³-hybridized carbons (Fsp3) is 0.240. The van der Waals surface area contributed by atoms with Crippen LogP contribution in [0, 0.1) is 12.7 Å². The molecule has 2 aromatic heterocycles. The van der Waals surface area contributed by atoms with Gasteiger partial charge in [0.2, 0.25) is 0 Å². The van der Waals surface area contributed by atoms with E-state index in [9.17, 15) is 9.18 Å². The van der Waals surface area contributed by atoms with E-state index in [1.807, 2.05) is 31.2 Å². The number of alkyl halides is 1. The Morgan fingerprint density at radius 1 is 1.11 bits per heavy atom. The number of benzene rings is 2. The number of aromatic amines is 1. The highest BCUT2D eigenvalue weighted by Crippen LogP contribution is 2.36. The van der Waals surface area contributed by atoms with Crippen molar-refractivity contribution in [2.75, 3.05) is 30.4 Å². The van der Waals surface area contributed by atoms with Crippen molar-refractivity contribution in [1.29, 1.82) is 0 Å². The molecule has 1 aliphatic heterocycles. The topological polar surface area (TPSA) is 94.1 Å². The van der Waals surface area contributed by atoms with Crippen molar-refractivity contribution < 1.29 is 13.9 Å². The van der Waals surface area contributed by atoms with Crippen LogP contribution in [0.1, 0.15) is 5.56 Å². The van der Waals surface area contributed by atoms with Crippen LogP contribution < -0.4 is 10.9 Å². The highest BCUT2D eigenvalue weighted by atomic mass is 79.9. The van der Waals surface area contributed by atoms with Gasteiger partial charge in [0.1, 0.15) is 17.3 Å². The number of para-hydroxylation sites is 1. The van der Waals surface area contributed by atoms with Gasteiger partial charge in [-0.1, -0.05) is 34.1 Å². The Labute approximate surface area is 209 Å². The van der Waals surface area contributed by atoms with E-state index < -0.39 is 5.79 Å². The van der Waals surface area contributed by atoms with Gasteiger partial charge in [-0.15, -0.1) is 0 Å². The predicted octanol–water partition coefficient (Wildman–Crippen LogP) is 4.29. The Morgan fingerprint density at radius 3 is 2.57 bits per heavy atom. The van der Waals surface area contributed by atoms with Crippen LogP contribution in [0.2, 0.25) is 0 Å². The zero-order chi connectivity index (χ0) is 24.4. The molecule has 0 radical (unpaired) electrons. The van der Waals surface area contributed by atoms with Crippen molar-refractivity contribution in [3.8, 4) is 28.2 Å². The molecule has 0 bridgehead atoms. The van der Waals surface area contributed by atoms with Gasteiger partial charge in [-0.3, -0.25) is 9.89 Å². The van der Waals surface area contributed by atoms with Crippen LogP contribution in [0.4, 0.5) is 10.2 Å². The number of ether oxygens (including phenoxy) is 2. The van der Waals surface area contributed by atoms with Crippen LogP contribution in [-0.2, 0) is 9.47 Å². The number of aromatic nitrogens is 4. The summed E-state index contributed by atoms with van der Waals surface area (Å²) in [6.45, 7) is 3.28. The molecule has 2 N–H and O–H groups in total.